The first-order valence-electron chi connectivity index (χ1n) is 6.62. The first kappa shape index (κ1) is 12.2. The summed E-state index contributed by atoms with van der Waals surface area (Å²) in [5, 5.41) is 7.07. The van der Waals surface area contributed by atoms with Crippen LogP contribution in [0.1, 0.15) is 37.1 Å². The van der Waals surface area contributed by atoms with Crippen molar-refractivity contribution in [1.82, 2.24) is 20.0 Å². The van der Waals surface area contributed by atoms with Crippen LogP contribution in [-0.2, 0) is 11.8 Å². The molecule has 0 spiro atoms. The summed E-state index contributed by atoms with van der Waals surface area (Å²) in [5.41, 5.74) is 1.77. The van der Waals surface area contributed by atoms with E-state index < -0.39 is 0 Å². The number of carbonyl (C=O) groups is 2. The monoisotopic (exact) mass is 262 g/mol. The molecule has 1 aromatic heterocycles. The van der Waals surface area contributed by atoms with E-state index in [1.165, 1.54) is 4.90 Å². The van der Waals surface area contributed by atoms with Gasteiger partial charge in [0.25, 0.3) is 5.91 Å². The summed E-state index contributed by atoms with van der Waals surface area (Å²) in [6, 6.07) is -0.866. The summed E-state index contributed by atoms with van der Waals surface area (Å²) < 4.78 is 1.71. The Hall–Kier alpha value is -1.85. The lowest BCUT2D eigenvalue weighted by atomic mass is 10.1. The third kappa shape index (κ3) is 1.91. The van der Waals surface area contributed by atoms with Gasteiger partial charge in [-0.3, -0.25) is 14.4 Å². The number of carbonyl (C=O) groups excluding carboxylic acids is 2. The first-order chi connectivity index (χ1) is 8.99. The minimum absolute atomic E-state index is 0.0942. The maximum absolute atomic E-state index is 12.3. The van der Waals surface area contributed by atoms with E-state index in [0.717, 1.165) is 24.1 Å². The largest absolute Gasteiger partial charge is 0.325 e. The van der Waals surface area contributed by atoms with Gasteiger partial charge < -0.3 is 5.32 Å². The average molecular weight is 262 g/mol. The molecule has 2 atom stereocenters. The van der Waals surface area contributed by atoms with Gasteiger partial charge in [-0.25, -0.2) is 4.79 Å². The number of aromatic nitrogens is 2. The second kappa shape index (κ2) is 4.08. The van der Waals surface area contributed by atoms with Gasteiger partial charge in [0, 0.05) is 18.8 Å². The van der Waals surface area contributed by atoms with Crippen LogP contribution in [0.25, 0.3) is 0 Å². The summed E-state index contributed by atoms with van der Waals surface area (Å²) >= 11 is 0. The first-order valence-corrected chi connectivity index (χ1v) is 6.62. The van der Waals surface area contributed by atoms with Crippen LogP contribution >= 0.6 is 0 Å². The molecular weight excluding hydrogens is 244 g/mol. The lowest BCUT2D eigenvalue weighted by molar-refractivity contribution is -0.129. The van der Waals surface area contributed by atoms with Crippen LogP contribution < -0.4 is 5.32 Å². The van der Waals surface area contributed by atoms with Gasteiger partial charge in [-0.1, -0.05) is 0 Å². The van der Waals surface area contributed by atoms with Crippen LogP contribution in [0.15, 0.2) is 6.20 Å². The molecule has 1 saturated heterocycles. The predicted octanol–water partition coefficient (Wildman–Crippen LogP) is 1.12. The van der Waals surface area contributed by atoms with Gasteiger partial charge in [0.1, 0.15) is 6.04 Å². The lowest BCUT2D eigenvalue weighted by Crippen LogP contribution is -2.34. The fraction of sp³-hybridized carbons (Fsp3) is 0.615. The molecule has 0 aromatic carbocycles. The number of hydrogen-bond acceptors (Lipinski definition) is 3. The molecule has 3 rings (SSSR count). The highest BCUT2D eigenvalue weighted by Crippen LogP contribution is 2.37. The molecule has 0 radical (unpaired) electrons. The van der Waals surface area contributed by atoms with Gasteiger partial charge in [0.2, 0.25) is 0 Å². The molecule has 1 aliphatic carbocycles. The molecule has 1 aromatic rings. The number of imide groups is 1. The molecule has 2 heterocycles. The van der Waals surface area contributed by atoms with Gasteiger partial charge in [-0.2, -0.15) is 5.10 Å². The van der Waals surface area contributed by atoms with Crippen molar-refractivity contribution < 1.29 is 9.59 Å². The Labute approximate surface area is 111 Å². The van der Waals surface area contributed by atoms with Gasteiger partial charge in [0.15, 0.2) is 0 Å². The second-order valence-corrected chi connectivity index (χ2v) is 5.49. The number of rotatable bonds is 3. The number of amides is 3. The Morgan fingerprint density at radius 3 is 2.63 bits per heavy atom. The third-order valence-electron chi connectivity index (χ3n) is 3.98. The van der Waals surface area contributed by atoms with Crippen molar-refractivity contribution >= 4 is 11.9 Å². The van der Waals surface area contributed by atoms with Crippen LogP contribution in [0.4, 0.5) is 4.79 Å². The molecule has 19 heavy (non-hydrogen) atoms. The fourth-order valence-corrected chi connectivity index (χ4v) is 2.80. The smallest absolute Gasteiger partial charge is 0.325 e. The van der Waals surface area contributed by atoms with Crippen molar-refractivity contribution in [2.24, 2.45) is 13.0 Å². The summed E-state index contributed by atoms with van der Waals surface area (Å²) in [6.45, 7) is 3.76. The number of nitrogens with one attached hydrogen (secondary N) is 1. The molecule has 2 aliphatic rings. The minimum Gasteiger partial charge on any atom is -0.325 e. The van der Waals surface area contributed by atoms with Crippen molar-refractivity contribution in [3.05, 3.63) is 17.5 Å². The van der Waals surface area contributed by atoms with Crippen molar-refractivity contribution in [2.45, 2.75) is 38.8 Å². The minimum atomic E-state index is -0.313. The van der Waals surface area contributed by atoms with E-state index in [0.29, 0.717) is 5.92 Å². The van der Waals surface area contributed by atoms with E-state index in [1.807, 2.05) is 27.1 Å². The Morgan fingerprint density at radius 1 is 1.42 bits per heavy atom. The maximum atomic E-state index is 12.3. The standard InChI is InChI=1S/C13H18N4O2/c1-7-10(6-16(3)15-7)8(2)17-12(18)11(9-4-5-9)14-13(17)19/h6,8-9,11H,4-5H2,1-3H3,(H,14,19). The lowest BCUT2D eigenvalue weighted by Gasteiger charge is -2.21. The van der Waals surface area contributed by atoms with Crippen molar-refractivity contribution in [2.75, 3.05) is 0 Å². The molecule has 1 saturated carbocycles. The van der Waals surface area contributed by atoms with E-state index in [1.54, 1.807) is 4.68 Å². The number of hydrogen-bond donors (Lipinski definition) is 1. The Bertz CT molecular complexity index is 547. The van der Waals surface area contributed by atoms with Gasteiger partial charge >= 0.3 is 6.03 Å². The summed E-state index contributed by atoms with van der Waals surface area (Å²) in [7, 11) is 1.84. The Kier molecular flexibility index (Phi) is 2.62. The van der Waals surface area contributed by atoms with Crippen molar-refractivity contribution in [3.8, 4) is 0 Å². The van der Waals surface area contributed by atoms with E-state index in [4.69, 9.17) is 0 Å². The SMILES string of the molecule is Cc1nn(C)cc1C(C)N1C(=O)NC(C2CC2)C1=O. The van der Waals surface area contributed by atoms with E-state index >= 15 is 0 Å². The van der Waals surface area contributed by atoms with E-state index in [9.17, 15) is 9.59 Å². The van der Waals surface area contributed by atoms with Crippen LogP contribution in [0.5, 0.6) is 0 Å². The summed E-state index contributed by atoms with van der Waals surface area (Å²) in [6.07, 6.45) is 3.93. The van der Waals surface area contributed by atoms with Crippen LogP contribution in [0.2, 0.25) is 0 Å². The molecule has 102 valence electrons. The maximum Gasteiger partial charge on any atom is 0.325 e. The molecule has 3 amide bonds. The molecule has 6 nitrogen and oxygen atoms in total. The molecule has 6 heteroatoms. The quantitative estimate of drug-likeness (QED) is 0.830. The highest BCUT2D eigenvalue weighted by atomic mass is 16.2. The Morgan fingerprint density at radius 2 is 2.11 bits per heavy atom. The summed E-state index contributed by atoms with van der Waals surface area (Å²) in [4.78, 5) is 25.7. The van der Waals surface area contributed by atoms with Crippen LogP contribution in [0, 0.1) is 12.8 Å². The predicted molar refractivity (Wildman–Crippen MR) is 68.2 cm³/mol. The average Bonchev–Trinajstić information content (AvgIpc) is 3.05. The molecule has 2 fully saturated rings. The zero-order valence-corrected chi connectivity index (χ0v) is 11.4. The normalized spacial score (nSPS) is 24.8. The molecule has 0 bridgehead atoms. The number of nitrogens with zero attached hydrogens (tertiary/aromatic N) is 3. The second-order valence-electron chi connectivity index (χ2n) is 5.49. The fourth-order valence-electron chi connectivity index (χ4n) is 2.80. The summed E-state index contributed by atoms with van der Waals surface area (Å²) in [5.74, 6) is 0.242. The Balaban J connectivity index is 1.86. The highest BCUT2D eigenvalue weighted by molar-refractivity contribution is 6.04. The van der Waals surface area contributed by atoms with Crippen LogP contribution in [-0.4, -0.2) is 32.7 Å². The topological polar surface area (TPSA) is 67.2 Å². The van der Waals surface area contributed by atoms with Gasteiger partial charge in [-0.05, 0) is 32.6 Å². The molecular formula is C13H18N4O2. The number of urea groups is 1. The molecule has 1 aliphatic heterocycles. The van der Waals surface area contributed by atoms with E-state index in [-0.39, 0.29) is 24.0 Å². The van der Waals surface area contributed by atoms with Crippen molar-refractivity contribution in [3.63, 3.8) is 0 Å². The van der Waals surface area contributed by atoms with Gasteiger partial charge in [0.05, 0.1) is 11.7 Å². The highest BCUT2D eigenvalue weighted by Gasteiger charge is 2.48. The van der Waals surface area contributed by atoms with Crippen LogP contribution in [0.3, 0.4) is 0 Å². The molecule has 2 unspecified atom stereocenters. The molecule has 1 N–H and O–H groups in total. The van der Waals surface area contributed by atoms with Crippen molar-refractivity contribution in [1.29, 1.82) is 0 Å². The van der Waals surface area contributed by atoms with Gasteiger partial charge in [-0.15, -0.1) is 0 Å². The zero-order chi connectivity index (χ0) is 13.7. The number of aryl methyl sites for hydroxylation is 2. The van der Waals surface area contributed by atoms with E-state index in [2.05, 4.69) is 10.4 Å². The zero-order valence-electron chi connectivity index (χ0n) is 11.4. The third-order valence-corrected chi connectivity index (χ3v) is 3.98.